The maximum absolute atomic E-state index is 12.3. The molecule has 3 amide bonds. The Morgan fingerprint density at radius 2 is 1.79 bits per heavy atom. The Morgan fingerprint density at radius 1 is 1.14 bits per heavy atom. The number of hydrogen-bond donors (Lipinski definition) is 1. The number of carbonyl (C=O) groups is 4. The van der Waals surface area contributed by atoms with Crippen molar-refractivity contribution < 1.29 is 23.9 Å². The monoisotopic (exact) mass is 401 g/mol. The number of aromatic nitrogens is 1. The third-order valence-corrected chi connectivity index (χ3v) is 4.41. The van der Waals surface area contributed by atoms with Gasteiger partial charge in [0.05, 0.1) is 23.2 Å². The van der Waals surface area contributed by atoms with Gasteiger partial charge >= 0.3 is 5.97 Å². The fourth-order valence-electron chi connectivity index (χ4n) is 2.67. The van der Waals surface area contributed by atoms with Crippen LogP contribution in [-0.2, 0) is 14.3 Å². The minimum absolute atomic E-state index is 0.111. The van der Waals surface area contributed by atoms with Gasteiger partial charge in [0.25, 0.3) is 17.7 Å². The smallest absolute Gasteiger partial charge is 0.308 e. The average Bonchev–Trinajstić information content (AvgIpc) is 2.92. The molecule has 2 aromatic rings. The summed E-state index contributed by atoms with van der Waals surface area (Å²) < 4.78 is 5.07. The topological polar surface area (TPSA) is 106 Å². The molecule has 8 nitrogen and oxygen atoms in total. The molecule has 3 rings (SSSR count). The number of imide groups is 1. The van der Waals surface area contributed by atoms with Crippen LogP contribution in [0.15, 0.2) is 42.6 Å². The maximum atomic E-state index is 12.3. The second-order valence-corrected chi connectivity index (χ2v) is 6.38. The third kappa shape index (κ3) is 4.01. The van der Waals surface area contributed by atoms with Gasteiger partial charge in [-0.1, -0.05) is 23.7 Å². The van der Waals surface area contributed by atoms with E-state index >= 15 is 0 Å². The SMILES string of the molecule is C[C@@H](OC(=O)CCN1C(=O)c2ccccc2C1=O)C(=O)Nc1cccnc1Cl. The minimum atomic E-state index is -1.09. The standard InChI is InChI=1S/C19H16ClN3O5/c1-11(17(25)22-14-7-4-9-21-16(14)20)28-15(24)8-10-23-18(26)12-5-2-3-6-13(12)19(23)27/h2-7,9,11H,8,10H2,1H3,(H,22,25)/t11-/m1/s1. The molecule has 0 radical (unpaired) electrons. The first-order valence-electron chi connectivity index (χ1n) is 8.44. The second-order valence-electron chi connectivity index (χ2n) is 6.02. The molecule has 0 spiro atoms. The van der Waals surface area contributed by atoms with Crippen LogP contribution in [0.1, 0.15) is 34.1 Å². The number of ether oxygens (including phenoxy) is 1. The molecular weight excluding hydrogens is 386 g/mol. The molecule has 0 aliphatic carbocycles. The number of carbonyl (C=O) groups excluding carboxylic acids is 4. The van der Waals surface area contributed by atoms with Crippen molar-refractivity contribution >= 4 is 41.0 Å². The predicted octanol–water partition coefficient (Wildman–Crippen LogP) is 2.29. The van der Waals surface area contributed by atoms with Crippen molar-refractivity contribution in [2.24, 2.45) is 0 Å². The van der Waals surface area contributed by atoms with Crippen molar-refractivity contribution in [3.8, 4) is 0 Å². The van der Waals surface area contributed by atoms with Gasteiger partial charge in [-0.3, -0.25) is 24.1 Å². The van der Waals surface area contributed by atoms with Crippen LogP contribution in [0.4, 0.5) is 5.69 Å². The second kappa shape index (κ2) is 8.18. The average molecular weight is 402 g/mol. The fourth-order valence-corrected chi connectivity index (χ4v) is 2.84. The van der Waals surface area contributed by atoms with Gasteiger partial charge in [0.1, 0.15) is 0 Å². The number of nitrogens with one attached hydrogen (secondary N) is 1. The first-order valence-corrected chi connectivity index (χ1v) is 8.82. The van der Waals surface area contributed by atoms with Crippen LogP contribution >= 0.6 is 11.6 Å². The Morgan fingerprint density at radius 3 is 2.39 bits per heavy atom. The Labute approximate surface area is 165 Å². The first kappa shape index (κ1) is 19.5. The minimum Gasteiger partial charge on any atom is -0.452 e. The van der Waals surface area contributed by atoms with E-state index in [2.05, 4.69) is 10.3 Å². The number of pyridine rings is 1. The molecule has 9 heteroatoms. The lowest BCUT2D eigenvalue weighted by atomic mass is 10.1. The normalized spacial score (nSPS) is 13.9. The molecule has 1 aliphatic rings. The summed E-state index contributed by atoms with van der Waals surface area (Å²) >= 11 is 5.86. The highest BCUT2D eigenvalue weighted by molar-refractivity contribution is 6.32. The van der Waals surface area contributed by atoms with Crippen LogP contribution in [-0.4, -0.2) is 46.2 Å². The molecule has 1 aromatic heterocycles. The molecule has 0 fully saturated rings. The summed E-state index contributed by atoms with van der Waals surface area (Å²) in [5, 5.41) is 2.62. The lowest BCUT2D eigenvalue weighted by molar-refractivity contribution is -0.153. The first-order chi connectivity index (χ1) is 13.4. The molecule has 0 unspecified atom stereocenters. The molecule has 1 N–H and O–H groups in total. The van der Waals surface area contributed by atoms with Crippen molar-refractivity contribution in [1.29, 1.82) is 0 Å². The molecule has 0 saturated heterocycles. The van der Waals surface area contributed by atoms with Gasteiger partial charge in [0, 0.05) is 12.7 Å². The van der Waals surface area contributed by atoms with E-state index in [1.54, 1.807) is 36.4 Å². The number of hydrogen-bond acceptors (Lipinski definition) is 6. The molecule has 144 valence electrons. The van der Waals surface area contributed by atoms with Gasteiger partial charge in [0.2, 0.25) is 0 Å². The molecule has 1 aliphatic heterocycles. The quantitative estimate of drug-likeness (QED) is 0.452. The van der Waals surface area contributed by atoms with Crippen LogP contribution in [0.2, 0.25) is 5.15 Å². The molecule has 1 aromatic carbocycles. The van der Waals surface area contributed by atoms with E-state index in [-0.39, 0.29) is 18.1 Å². The number of fused-ring (bicyclic) bond motifs is 1. The number of esters is 1. The number of halogens is 1. The predicted molar refractivity (Wildman–Crippen MR) is 99.9 cm³/mol. The zero-order valence-electron chi connectivity index (χ0n) is 14.8. The highest BCUT2D eigenvalue weighted by Gasteiger charge is 2.35. The Balaban J connectivity index is 1.52. The highest BCUT2D eigenvalue weighted by Crippen LogP contribution is 2.22. The van der Waals surface area contributed by atoms with E-state index in [4.69, 9.17) is 16.3 Å². The molecular formula is C19H16ClN3O5. The number of nitrogens with zero attached hydrogens (tertiary/aromatic N) is 2. The van der Waals surface area contributed by atoms with Crippen molar-refractivity contribution in [2.75, 3.05) is 11.9 Å². The summed E-state index contributed by atoms with van der Waals surface area (Å²) in [4.78, 5) is 53.5. The fraction of sp³-hybridized carbons (Fsp3) is 0.211. The zero-order valence-corrected chi connectivity index (χ0v) is 15.6. The van der Waals surface area contributed by atoms with Gasteiger partial charge in [-0.05, 0) is 31.2 Å². The lowest BCUT2D eigenvalue weighted by Crippen LogP contribution is -2.34. The lowest BCUT2D eigenvalue weighted by Gasteiger charge is -2.16. The summed E-state index contributed by atoms with van der Waals surface area (Å²) in [5.41, 5.74) is 0.909. The van der Waals surface area contributed by atoms with Crippen molar-refractivity contribution in [2.45, 2.75) is 19.4 Å². The number of rotatable bonds is 6. The largest absolute Gasteiger partial charge is 0.452 e. The van der Waals surface area contributed by atoms with E-state index in [9.17, 15) is 19.2 Å². The van der Waals surface area contributed by atoms with Crippen LogP contribution < -0.4 is 5.32 Å². The van der Waals surface area contributed by atoms with E-state index in [1.807, 2.05) is 0 Å². The number of anilines is 1. The summed E-state index contributed by atoms with van der Waals surface area (Å²) in [6.45, 7) is 1.27. The van der Waals surface area contributed by atoms with E-state index < -0.39 is 29.8 Å². The van der Waals surface area contributed by atoms with Crippen molar-refractivity contribution in [1.82, 2.24) is 9.88 Å². The highest BCUT2D eigenvalue weighted by atomic mass is 35.5. The summed E-state index contributed by atoms with van der Waals surface area (Å²) in [5.74, 6) is -2.20. The molecule has 0 saturated carbocycles. The van der Waals surface area contributed by atoms with Crippen LogP contribution in [0, 0.1) is 0 Å². The molecule has 0 bridgehead atoms. The van der Waals surface area contributed by atoms with Crippen LogP contribution in [0.3, 0.4) is 0 Å². The Kier molecular flexibility index (Phi) is 5.70. The number of amides is 3. The maximum Gasteiger partial charge on any atom is 0.308 e. The van der Waals surface area contributed by atoms with Gasteiger partial charge in [0.15, 0.2) is 11.3 Å². The van der Waals surface area contributed by atoms with Gasteiger partial charge in [-0.15, -0.1) is 0 Å². The third-order valence-electron chi connectivity index (χ3n) is 4.11. The molecule has 2 heterocycles. The van der Waals surface area contributed by atoms with Crippen molar-refractivity contribution in [3.05, 3.63) is 58.9 Å². The zero-order chi connectivity index (χ0) is 20.3. The van der Waals surface area contributed by atoms with Crippen LogP contribution in [0.5, 0.6) is 0 Å². The summed E-state index contributed by atoms with van der Waals surface area (Å²) in [7, 11) is 0. The summed E-state index contributed by atoms with van der Waals surface area (Å²) in [6, 6.07) is 9.60. The Hall–Kier alpha value is -3.26. The van der Waals surface area contributed by atoms with E-state index in [0.717, 1.165) is 4.90 Å². The van der Waals surface area contributed by atoms with Gasteiger partial charge in [-0.2, -0.15) is 0 Å². The van der Waals surface area contributed by atoms with Gasteiger partial charge in [-0.25, -0.2) is 4.98 Å². The van der Waals surface area contributed by atoms with E-state index in [1.165, 1.54) is 13.1 Å². The van der Waals surface area contributed by atoms with Crippen molar-refractivity contribution in [3.63, 3.8) is 0 Å². The van der Waals surface area contributed by atoms with Gasteiger partial charge < -0.3 is 10.1 Å². The van der Waals surface area contributed by atoms with Crippen LogP contribution in [0.25, 0.3) is 0 Å². The molecule has 1 atom stereocenters. The summed E-state index contributed by atoms with van der Waals surface area (Å²) in [6.07, 6.45) is 0.156. The Bertz CT molecular complexity index is 927. The number of benzene rings is 1. The van der Waals surface area contributed by atoms with E-state index in [0.29, 0.717) is 16.8 Å². The molecule has 28 heavy (non-hydrogen) atoms.